The fourth-order valence-electron chi connectivity index (χ4n) is 4.36. The molecule has 1 aromatic heterocycles. The van der Waals surface area contributed by atoms with Crippen LogP contribution in [0.3, 0.4) is 0 Å². The predicted molar refractivity (Wildman–Crippen MR) is 146 cm³/mol. The maximum absolute atomic E-state index is 13.2. The Morgan fingerprint density at radius 3 is 2.67 bits per heavy atom. The first-order chi connectivity index (χ1) is 17.6. The Hall–Kier alpha value is -3.64. The highest BCUT2D eigenvalue weighted by Gasteiger charge is 2.33. The van der Waals surface area contributed by atoms with Crippen LogP contribution in [-0.4, -0.2) is 30.1 Å². The van der Waals surface area contributed by atoms with Gasteiger partial charge < -0.3 is 14.4 Å². The molecule has 0 aliphatic carbocycles. The summed E-state index contributed by atoms with van der Waals surface area (Å²) >= 11 is 1.62. The molecular weight excluding hydrogens is 468 g/mol. The highest BCUT2D eigenvalue weighted by Crippen LogP contribution is 2.39. The van der Waals surface area contributed by atoms with Gasteiger partial charge in [-0.25, -0.2) is 4.98 Å². The van der Waals surface area contributed by atoms with Crippen molar-refractivity contribution in [3.63, 3.8) is 0 Å². The van der Waals surface area contributed by atoms with Gasteiger partial charge >= 0.3 is 0 Å². The predicted octanol–water partition coefficient (Wildman–Crippen LogP) is 7.15. The third-order valence-corrected chi connectivity index (χ3v) is 7.18. The lowest BCUT2D eigenvalue weighted by molar-refractivity contribution is -0.126. The molecule has 1 atom stereocenters. The maximum Gasteiger partial charge on any atom is 0.268 e. The molecule has 0 radical (unpaired) electrons. The van der Waals surface area contributed by atoms with Crippen LogP contribution in [0.1, 0.15) is 31.7 Å². The summed E-state index contributed by atoms with van der Waals surface area (Å²) in [4.78, 5) is 20.0. The van der Waals surface area contributed by atoms with Gasteiger partial charge in [0.05, 0.1) is 18.0 Å². The van der Waals surface area contributed by atoms with Crippen LogP contribution in [0.25, 0.3) is 21.8 Å². The third kappa shape index (κ3) is 5.29. The van der Waals surface area contributed by atoms with E-state index >= 15 is 0 Å². The van der Waals surface area contributed by atoms with Crippen LogP contribution >= 0.6 is 11.3 Å². The van der Waals surface area contributed by atoms with Gasteiger partial charge in [-0.2, -0.15) is 0 Å². The van der Waals surface area contributed by atoms with E-state index in [1.165, 1.54) is 5.56 Å². The second-order valence-electron chi connectivity index (χ2n) is 8.96. The molecule has 0 fully saturated rings. The molecular formula is C30H30N2O3S. The fraction of sp³-hybridized carbons (Fsp3) is 0.267. The first kappa shape index (κ1) is 24.1. The summed E-state index contributed by atoms with van der Waals surface area (Å²) < 4.78 is 11.9. The summed E-state index contributed by atoms with van der Waals surface area (Å²) in [7, 11) is 0. The second-order valence-corrected chi connectivity index (χ2v) is 9.82. The van der Waals surface area contributed by atoms with Crippen molar-refractivity contribution in [2.75, 3.05) is 18.1 Å². The zero-order valence-corrected chi connectivity index (χ0v) is 21.5. The lowest BCUT2D eigenvalue weighted by atomic mass is 10.1. The normalized spacial score (nSPS) is 14.9. The molecule has 2 heterocycles. The van der Waals surface area contributed by atoms with Crippen molar-refractivity contribution in [1.82, 2.24) is 4.98 Å². The number of unbranched alkanes of at least 4 members (excludes halogenated alkanes) is 1. The van der Waals surface area contributed by atoms with Gasteiger partial charge in [0.1, 0.15) is 16.5 Å². The lowest BCUT2D eigenvalue weighted by Gasteiger charge is -2.34. The Labute approximate surface area is 216 Å². The van der Waals surface area contributed by atoms with Gasteiger partial charge in [-0.15, -0.1) is 11.3 Å². The fourth-order valence-corrected chi connectivity index (χ4v) is 5.19. The van der Waals surface area contributed by atoms with E-state index in [1.54, 1.807) is 11.3 Å². The summed E-state index contributed by atoms with van der Waals surface area (Å²) in [5.41, 5.74) is 4.98. The van der Waals surface area contributed by atoms with Crippen LogP contribution in [-0.2, 0) is 4.79 Å². The minimum atomic E-state index is -0.448. The van der Waals surface area contributed by atoms with Crippen LogP contribution in [0.5, 0.6) is 11.5 Å². The molecule has 0 bridgehead atoms. The number of aromatic nitrogens is 1. The van der Waals surface area contributed by atoms with Crippen LogP contribution in [0.15, 0.2) is 78.2 Å². The van der Waals surface area contributed by atoms with Crippen molar-refractivity contribution in [3.05, 3.63) is 83.7 Å². The molecule has 1 unspecified atom stereocenters. The first-order valence-corrected chi connectivity index (χ1v) is 13.3. The van der Waals surface area contributed by atoms with Crippen LogP contribution in [0.4, 0.5) is 5.69 Å². The molecule has 1 aliphatic rings. The van der Waals surface area contributed by atoms with E-state index in [4.69, 9.17) is 14.5 Å². The molecule has 6 heteroatoms. The van der Waals surface area contributed by atoms with Crippen molar-refractivity contribution in [1.29, 1.82) is 0 Å². The van der Waals surface area contributed by atoms with Crippen molar-refractivity contribution in [2.24, 2.45) is 0 Å². The smallest absolute Gasteiger partial charge is 0.268 e. The number of carbonyl (C=O) groups excluding carboxylic acids is 1. The quantitative estimate of drug-likeness (QED) is 0.230. The number of nitrogens with zero attached hydrogens (tertiary/aromatic N) is 2. The second kappa shape index (κ2) is 11.0. The molecule has 3 aromatic carbocycles. The molecule has 5 nitrogen and oxygen atoms in total. The van der Waals surface area contributed by atoms with Gasteiger partial charge in [-0.1, -0.05) is 49.4 Å². The van der Waals surface area contributed by atoms with Crippen molar-refractivity contribution < 1.29 is 14.3 Å². The summed E-state index contributed by atoms with van der Waals surface area (Å²) in [6, 6.07) is 24.3. The number of thiazole rings is 1. The number of hydrogen-bond acceptors (Lipinski definition) is 5. The molecule has 5 rings (SSSR count). The number of rotatable bonds is 9. The topological polar surface area (TPSA) is 51.7 Å². The summed E-state index contributed by atoms with van der Waals surface area (Å²) in [5, 5.41) is 3.05. The van der Waals surface area contributed by atoms with Crippen molar-refractivity contribution in [2.45, 2.75) is 39.2 Å². The summed E-state index contributed by atoms with van der Waals surface area (Å²) in [6.45, 7) is 5.28. The van der Waals surface area contributed by atoms with Gasteiger partial charge in [0.15, 0.2) is 6.10 Å². The average Bonchev–Trinajstić information content (AvgIpc) is 3.40. The summed E-state index contributed by atoms with van der Waals surface area (Å²) in [5.74, 6) is 1.65. The minimum absolute atomic E-state index is 0.0185. The van der Waals surface area contributed by atoms with Gasteiger partial charge in [-0.05, 0) is 62.1 Å². The van der Waals surface area contributed by atoms with Crippen LogP contribution < -0.4 is 14.4 Å². The molecule has 0 spiro atoms. The van der Waals surface area contributed by atoms with Gasteiger partial charge in [-0.3, -0.25) is 4.79 Å². The molecule has 0 saturated carbocycles. The van der Waals surface area contributed by atoms with Gasteiger partial charge in [0.2, 0.25) is 0 Å². The number of hydrogen-bond donors (Lipinski definition) is 0. The number of amides is 1. The van der Waals surface area contributed by atoms with E-state index in [9.17, 15) is 4.79 Å². The van der Waals surface area contributed by atoms with E-state index in [2.05, 4.69) is 30.5 Å². The van der Waals surface area contributed by atoms with E-state index in [-0.39, 0.29) is 5.91 Å². The van der Waals surface area contributed by atoms with Crippen LogP contribution in [0.2, 0.25) is 0 Å². The Morgan fingerprint density at radius 2 is 1.86 bits per heavy atom. The number of benzene rings is 3. The first-order valence-electron chi connectivity index (χ1n) is 12.5. The summed E-state index contributed by atoms with van der Waals surface area (Å²) in [6.07, 6.45) is 1.89. The van der Waals surface area contributed by atoms with E-state index in [0.717, 1.165) is 51.9 Å². The zero-order chi connectivity index (χ0) is 24.9. The number of aryl methyl sites for hydroxylation is 1. The number of fused-ring (bicyclic) bond motifs is 1. The Kier molecular flexibility index (Phi) is 7.33. The molecule has 1 amide bonds. The zero-order valence-electron chi connectivity index (χ0n) is 20.6. The van der Waals surface area contributed by atoms with Gasteiger partial charge in [0.25, 0.3) is 5.91 Å². The molecule has 36 heavy (non-hydrogen) atoms. The Balaban J connectivity index is 1.31. The molecule has 1 aliphatic heterocycles. The number of anilines is 1. The van der Waals surface area contributed by atoms with E-state index in [1.807, 2.05) is 66.4 Å². The minimum Gasteiger partial charge on any atom is -0.494 e. The van der Waals surface area contributed by atoms with Crippen molar-refractivity contribution in [3.8, 4) is 33.3 Å². The third-order valence-electron chi connectivity index (χ3n) is 6.29. The molecule has 184 valence electrons. The molecule has 0 saturated heterocycles. The monoisotopic (exact) mass is 498 g/mol. The Bertz CT molecular complexity index is 1340. The largest absolute Gasteiger partial charge is 0.494 e. The van der Waals surface area contributed by atoms with Crippen molar-refractivity contribution >= 4 is 22.9 Å². The SMILES string of the molecule is CCC1Oc2ccc(-c3csc(-c4ccccc4)n3)cc2N(CCCCOc2cccc(C)c2)C1=O. The van der Waals surface area contributed by atoms with Gasteiger partial charge in [0, 0.05) is 23.1 Å². The molecule has 0 N–H and O–H groups in total. The average molecular weight is 499 g/mol. The van der Waals surface area contributed by atoms with E-state index < -0.39 is 6.10 Å². The highest BCUT2D eigenvalue weighted by atomic mass is 32.1. The number of carbonyl (C=O) groups is 1. The highest BCUT2D eigenvalue weighted by molar-refractivity contribution is 7.13. The van der Waals surface area contributed by atoms with E-state index in [0.29, 0.717) is 19.6 Å². The standard InChI is InChI=1S/C30H30N2O3S/c1-3-27-30(33)32(16-7-8-17-34-24-13-9-10-21(2)18-24)26-19-23(14-15-28(26)35-27)25-20-36-29(31-25)22-11-5-4-6-12-22/h4-6,9-15,18-20,27H,3,7-8,16-17H2,1-2H3. The Morgan fingerprint density at radius 1 is 1.00 bits per heavy atom. The maximum atomic E-state index is 13.2. The van der Waals surface area contributed by atoms with Crippen LogP contribution in [0, 0.1) is 6.92 Å². The molecule has 4 aromatic rings. The lowest BCUT2D eigenvalue weighted by Crippen LogP contribution is -2.46. The number of ether oxygens (including phenoxy) is 2.